The summed E-state index contributed by atoms with van der Waals surface area (Å²) in [4.78, 5) is 15.6. The van der Waals surface area contributed by atoms with E-state index in [1.807, 2.05) is 39.8 Å². The third-order valence-electron chi connectivity index (χ3n) is 2.00. The lowest BCUT2D eigenvalue weighted by Crippen LogP contribution is -2.24. The zero-order valence-electron chi connectivity index (χ0n) is 10.4. The molecule has 3 heteroatoms. The Morgan fingerprint density at radius 3 is 2.69 bits per heavy atom. The van der Waals surface area contributed by atoms with Crippen molar-refractivity contribution in [2.24, 2.45) is 0 Å². The van der Waals surface area contributed by atoms with Crippen molar-refractivity contribution in [2.75, 3.05) is 0 Å². The fraction of sp³-hybridized carbons (Fsp3) is 0.538. The maximum Gasteiger partial charge on any atom is 0.306 e. The van der Waals surface area contributed by atoms with E-state index in [0.717, 1.165) is 11.3 Å². The van der Waals surface area contributed by atoms with Crippen LogP contribution in [0.4, 0.5) is 0 Å². The fourth-order valence-electron chi connectivity index (χ4n) is 1.40. The molecule has 0 fully saturated rings. The van der Waals surface area contributed by atoms with Crippen LogP contribution in [0.5, 0.6) is 0 Å². The largest absolute Gasteiger partial charge is 0.460 e. The molecule has 0 aliphatic rings. The third kappa shape index (κ3) is 4.91. The van der Waals surface area contributed by atoms with E-state index in [4.69, 9.17) is 4.74 Å². The molecule has 0 bridgehead atoms. The quantitative estimate of drug-likeness (QED) is 0.737. The second kappa shape index (κ2) is 5.10. The molecule has 0 atom stereocenters. The molecule has 88 valence electrons. The summed E-state index contributed by atoms with van der Waals surface area (Å²) in [5.41, 5.74) is 1.70. The first kappa shape index (κ1) is 12.7. The molecular formula is C13H19NO2. The normalized spacial score (nSPS) is 11.2. The molecule has 0 saturated carbocycles. The smallest absolute Gasteiger partial charge is 0.306 e. The second-order valence-corrected chi connectivity index (χ2v) is 4.89. The Bertz CT molecular complexity index is 366. The Labute approximate surface area is 96.8 Å². The zero-order valence-corrected chi connectivity index (χ0v) is 10.4. The van der Waals surface area contributed by atoms with Gasteiger partial charge in [-0.1, -0.05) is 0 Å². The molecule has 0 aliphatic carbocycles. The lowest BCUT2D eigenvalue weighted by molar-refractivity contribution is -0.154. The van der Waals surface area contributed by atoms with Crippen LogP contribution in [0, 0.1) is 6.92 Å². The average molecular weight is 221 g/mol. The van der Waals surface area contributed by atoms with Crippen molar-refractivity contribution < 1.29 is 9.53 Å². The van der Waals surface area contributed by atoms with Crippen LogP contribution in [-0.4, -0.2) is 16.6 Å². The molecule has 16 heavy (non-hydrogen) atoms. The lowest BCUT2D eigenvalue weighted by atomic mass is 10.1. The van der Waals surface area contributed by atoms with E-state index in [9.17, 15) is 4.79 Å². The minimum absolute atomic E-state index is 0.151. The molecule has 1 aromatic heterocycles. The van der Waals surface area contributed by atoms with Gasteiger partial charge in [-0.25, -0.2) is 0 Å². The molecule has 1 heterocycles. The van der Waals surface area contributed by atoms with E-state index in [-0.39, 0.29) is 5.97 Å². The Balaban J connectivity index is 2.43. The van der Waals surface area contributed by atoms with Crippen LogP contribution in [0.3, 0.4) is 0 Å². The van der Waals surface area contributed by atoms with Gasteiger partial charge in [0.1, 0.15) is 5.60 Å². The highest BCUT2D eigenvalue weighted by atomic mass is 16.6. The van der Waals surface area contributed by atoms with Gasteiger partial charge in [0.25, 0.3) is 0 Å². The SMILES string of the molecule is Cc1cc(CCC(=O)OC(C)(C)C)ccn1. The minimum atomic E-state index is -0.398. The number of pyridine rings is 1. The van der Waals surface area contributed by atoms with Crippen molar-refractivity contribution in [2.45, 2.75) is 46.1 Å². The van der Waals surface area contributed by atoms with Gasteiger partial charge in [0.05, 0.1) is 0 Å². The number of hydrogen-bond acceptors (Lipinski definition) is 3. The number of hydrogen-bond donors (Lipinski definition) is 0. The maximum absolute atomic E-state index is 11.5. The zero-order chi connectivity index (χ0) is 12.2. The standard InChI is InChI=1S/C13H19NO2/c1-10-9-11(7-8-14-10)5-6-12(15)16-13(2,3)4/h7-9H,5-6H2,1-4H3. The third-order valence-corrected chi connectivity index (χ3v) is 2.00. The number of esters is 1. The maximum atomic E-state index is 11.5. The molecule has 0 aromatic carbocycles. The Kier molecular flexibility index (Phi) is 4.05. The van der Waals surface area contributed by atoms with Gasteiger partial charge in [-0.05, 0) is 51.8 Å². The van der Waals surface area contributed by atoms with Crippen molar-refractivity contribution in [1.29, 1.82) is 0 Å². The number of aryl methyl sites for hydroxylation is 2. The van der Waals surface area contributed by atoms with Crippen LogP contribution < -0.4 is 0 Å². The molecular weight excluding hydrogens is 202 g/mol. The number of carbonyl (C=O) groups is 1. The molecule has 0 amide bonds. The van der Waals surface area contributed by atoms with E-state index < -0.39 is 5.60 Å². The summed E-state index contributed by atoms with van der Waals surface area (Å²) in [6.07, 6.45) is 2.89. The Hall–Kier alpha value is -1.38. The Morgan fingerprint density at radius 2 is 2.12 bits per heavy atom. The molecule has 0 spiro atoms. The summed E-state index contributed by atoms with van der Waals surface area (Å²) in [6, 6.07) is 3.92. The average Bonchev–Trinajstić information content (AvgIpc) is 2.12. The van der Waals surface area contributed by atoms with Gasteiger partial charge in [0.15, 0.2) is 0 Å². The van der Waals surface area contributed by atoms with Gasteiger partial charge in [0, 0.05) is 18.3 Å². The van der Waals surface area contributed by atoms with Gasteiger partial charge in [-0.3, -0.25) is 9.78 Å². The molecule has 1 aromatic rings. The van der Waals surface area contributed by atoms with Gasteiger partial charge >= 0.3 is 5.97 Å². The highest BCUT2D eigenvalue weighted by Crippen LogP contribution is 2.10. The first-order chi connectivity index (χ1) is 7.37. The van der Waals surface area contributed by atoms with E-state index in [0.29, 0.717) is 12.8 Å². The van der Waals surface area contributed by atoms with Gasteiger partial charge in [0.2, 0.25) is 0 Å². The topological polar surface area (TPSA) is 39.2 Å². The van der Waals surface area contributed by atoms with Gasteiger partial charge in [-0.2, -0.15) is 0 Å². The summed E-state index contributed by atoms with van der Waals surface area (Å²) in [5.74, 6) is -0.151. The molecule has 1 rings (SSSR count). The summed E-state index contributed by atoms with van der Waals surface area (Å²) >= 11 is 0. The number of rotatable bonds is 3. The van der Waals surface area contributed by atoms with Crippen LogP contribution in [-0.2, 0) is 16.0 Å². The predicted octanol–water partition coefficient (Wildman–Crippen LogP) is 2.66. The summed E-state index contributed by atoms with van der Waals surface area (Å²) in [7, 11) is 0. The molecule has 0 unspecified atom stereocenters. The number of ether oxygens (including phenoxy) is 1. The monoisotopic (exact) mass is 221 g/mol. The minimum Gasteiger partial charge on any atom is -0.460 e. The molecule has 0 N–H and O–H groups in total. The summed E-state index contributed by atoms with van der Waals surface area (Å²) in [5, 5.41) is 0. The van der Waals surface area contributed by atoms with Crippen molar-refractivity contribution >= 4 is 5.97 Å². The Morgan fingerprint density at radius 1 is 1.44 bits per heavy atom. The first-order valence-corrected chi connectivity index (χ1v) is 5.50. The van der Waals surface area contributed by atoms with Gasteiger partial charge < -0.3 is 4.74 Å². The van der Waals surface area contributed by atoms with Gasteiger partial charge in [-0.15, -0.1) is 0 Å². The summed E-state index contributed by atoms with van der Waals surface area (Å²) in [6.45, 7) is 7.57. The van der Waals surface area contributed by atoms with Crippen LogP contribution in [0.2, 0.25) is 0 Å². The fourth-order valence-corrected chi connectivity index (χ4v) is 1.40. The summed E-state index contributed by atoms with van der Waals surface area (Å²) < 4.78 is 5.24. The molecule has 0 aliphatic heterocycles. The molecule has 0 saturated heterocycles. The van der Waals surface area contributed by atoms with Crippen molar-refractivity contribution in [3.8, 4) is 0 Å². The van der Waals surface area contributed by atoms with E-state index in [1.54, 1.807) is 6.20 Å². The molecule has 0 radical (unpaired) electrons. The van der Waals surface area contributed by atoms with Crippen molar-refractivity contribution in [1.82, 2.24) is 4.98 Å². The number of aromatic nitrogens is 1. The molecule has 3 nitrogen and oxygen atoms in total. The second-order valence-electron chi connectivity index (χ2n) is 4.89. The van der Waals surface area contributed by atoms with Crippen LogP contribution >= 0.6 is 0 Å². The van der Waals surface area contributed by atoms with Crippen LogP contribution in [0.25, 0.3) is 0 Å². The first-order valence-electron chi connectivity index (χ1n) is 5.50. The van der Waals surface area contributed by atoms with Crippen molar-refractivity contribution in [3.63, 3.8) is 0 Å². The lowest BCUT2D eigenvalue weighted by Gasteiger charge is -2.19. The van der Waals surface area contributed by atoms with E-state index in [1.165, 1.54) is 0 Å². The van der Waals surface area contributed by atoms with E-state index in [2.05, 4.69) is 4.98 Å². The highest BCUT2D eigenvalue weighted by molar-refractivity contribution is 5.70. The number of nitrogens with zero attached hydrogens (tertiary/aromatic N) is 1. The number of carbonyl (C=O) groups excluding carboxylic acids is 1. The van der Waals surface area contributed by atoms with Crippen LogP contribution in [0.1, 0.15) is 38.4 Å². The van der Waals surface area contributed by atoms with Crippen molar-refractivity contribution in [3.05, 3.63) is 29.6 Å². The van der Waals surface area contributed by atoms with E-state index >= 15 is 0 Å². The predicted molar refractivity (Wildman–Crippen MR) is 63.1 cm³/mol. The highest BCUT2D eigenvalue weighted by Gasteiger charge is 2.15. The van der Waals surface area contributed by atoms with Crippen LogP contribution in [0.15, 0.2) is 18.3 Å².